The molecule has 2 aromatic rings. The van der Waals surface area contributed by atoms with Crippen molar-refractivity contribution in [2.24, 2.45) is 0 Å². The zero-order chi connectivity index (χ0) is 13.1. The number of aryl methyl sites for hydroxylation is 1. The van der Waals surface area contributed by atoms with Gasteiger partial charge in [-0.3, -0.25) is 4.79 Å². The predicted molar refractivity (Wildman–Crippen MR) is 66.6 cm³/mol. The van der Waals surface area contributed by atoms with Crippen molar-refractivity contribution in [1.82, 2.24) is 4.98 Å². The van der Waals surface area contributed by atoms with Crippen LogP contribution in [0.15, 0.2) is 30.3 Å². The van der Waals surface area contributed by atoms with Gasteiger partial charge < -0.3 is 9.72 Å². The number of H-pyrrole nitrogens is 1. The molecule has 0 aliphatic heterocycles. The van der Waals surface area contributed by atoms with E-state index in [1.54, 1.807) is 6.07 Å². The number of ether oxygens (including phenoxy) is 1. The quantitative estimate of drug-likeness (QED) is 0.844. The van der Waals surface area contributed by atoms with Gasteiger partial charge in [0.2, 0.25) is 5.78 Å². The highest BCUT2D eigenvalue weighted by Gasteiger charge is 2.16. The smallest absolute Gasteiger partial charge is 0.212 e. The van der Waals surface area contributed by atoms with E-state index >= 15 is 0 Å². The van der Waals surface area contributed by atoms with Crippen LogP contribution < -0.4 is 4.74 Å². The molecule has 94 valence electrons. The Morgan fingerprint density at radius 2 is 2.11 bits per heavy atom. The number of aromatic nitrogens is 1. The Morgan fingerprint density at radius 1 is 1.33 bits per heavy atom. The number of carbonyl (C=O) groups excluding carboxylic acids is 1. The summed E-state index contributed by atoms with van der Waals surface area (Å²) in [7, 11) is 1.41. The Balaban J connectivity index is 2.39. The molecule has 18 heavy (non-hydrogen) atoms. The monoisotopic (exact) mass is 247 g/mol. The summed E-state index contributed by atoms with van der Waals surface area (Å²) < 4.78 is 18.1. The molecule has 1 heterocycles. The number of carbonyl (C=O) groups is 1. The second-order valence-electron chi connectivity index (χ2n) is 3.92. The summed E-state index contributed by atoms with van der Waals surface area (Å²) in [6, 6.07) is 7.48. The first kappa shape index (κ1) is 12.4. The van der Waals surface area contributed by atoms with E-state index in [1.807, 2.05) is 13.0 Å². The fourth-order valence-electron chi connectivity index (χ4n) is 1.78. The van der Waals surface area contributed by atoms with Crippen LogP contribution in [-0.2, 0) is 6.42 Å². The number of ketones is 1. The van der Waals surface area contributed by atoms with Crippen LogP contribution in [0.3, 0.4) is 0 Å². The van der Waals surface area contributed by atoms with Crippen molar-refractivity contribution >= 4 is 5.78 Å². The average molecular weight is 247 g/mol. The zero-order valence-corrected chi connectivity index (χ0v) is 10.3. The SMILES string of the molecule is CCc1ccc(C(=O)c2ccc(F)cc2OC)[nH]1. The largest absolute Gasteiger partial charge is 0.496 e. The number of rotatable bonds is 4. The van der Waals surface area contributed by atoms with Gasteiger partial charge in [-0.05, 0) is 30.7 Å². The minimum atomic E-state index is -0.427. The standard InChI is InChI=1S/C14H14FNO2/c1-3-10-5-7-12(16-10)14(17)11-6-4-9(15)8-13(11)18-2/h4-8,16H,3H2,1-2H3. The van der Waals surface area contributed by atoms with Crippen LogP contribution in [0.25, 0.3) is 0 Å². The molecule has 0 bridgehead atoms. The lowest BCUT2D eigenvalue weighted by atomic mass is 10.1. The van der Waals surface area contributed by atoms with E-state index in [1.165, 1.54) is 25.3 Å². The zero-order valence-electron chi connectivity index (χ0n) is 10.3. The minimum Gasteiger partial charge on any atom is -0.496 e. The van der Waals surface area contributed by atoms with Gasteiger partial charge in [-0.1, -0.05) is 6.92 Å². The van der Waals surface area contributed by atoms with Gasteiger partial charge in [-0.2, -0.15) is 0 Å². The molecule has 1 aromatic heterocycles. The van der Waals surface area contributed by atoms with Crippen LogP contribution in [0.5, 0.6) is 5.75 Å². The number of hydrogen-bond acceptors (Lipinski definition) is 2. The number of benzene rings is 1. The summed E-state index contributed by atoms with van der Waals surface area (Å²) in [5.74, 6) is -0.386. The molecule has 2 rings (SSSR count). The molecular formula is C14H14FNO2. The summed E-state index contributed by atoms with van der Waals surface area (Å²) in [4.78, 5) is 15.3. The molecule has 0 unspecified atom stereocenters. The van der Waals surface area contributed by atoms with E-state index in [9.17, 15) is 9.18 Å². The Labute approximate surface area is 105 Å². The normalized spacial score (nSPS) is 10.4. The third kappa shape index (κ3) is 2.27. The van der Waals surface area contributed by atoms with E-state index < -0.39 is 5.82 Å². The predicted octanol–water partition coefficient (Wildman–Crippen LogP) is 2.96. The van der Waals surface area contributed by atoms with Gasteiger partial charge in [0.1, 0.15) is 11.6 Å². The van der Waals surface area contributed by atoms with E-state index in [2.05, 4.69) is 4.98 Å². The molecule has 0 radical (unpaired) electrons. The molecule has 0 aliphatic rings. The molecule has 0 saturated heterocycles. The molecule has 0 amide bonds. The first-order valence-electron chi connectivity index (χ1n) is 5.71. The summed E-state index contributed by atoms with van der Waals surface area (Å²) in [5, 5.41) is 0. The number of aromatic amines is 1. The molecule has 0 atom stereocenters. The lowest BCUT2D eigenvalue weighted by Gasteiger charge is -2.06. The highest BCUT2D eigenvalue weighted by Crippen LogP contribution is 2.22. The summed E-state index contributed by atoms with van der Waals surface area (Å²) in [5.41, 5.74) is 1.82. The third-order valence-corrected chi connectivity index (χ3v) is 2.78. The van der Waals surface area contributed by atoms with Gasteiger partial charge in [0.05, 0.1) is 18.4 Å². The molecule has 0 saturated carbocycles. The summed E-state index contributed by atoms with van der Waals surface area (Å²) in [6.45, 7) is 2.00. The van der Waals surface area contributed by atoms with Crippen LogP contribution in [0.4, 0.5) is 4.39 Å². The summed E-state index contributed by atoms with van der Waals surface area (Å²) in [6.07, 6.45) is 0.827. The molecular weight excluding hydrogens is 233 g/mol. The second-order valence-corrected chi connectivity index (χ2v) is 3.92. The van der Waals surface area contributed by atoms with E-state index in [4.69, 9.17) is 4.74 Å². The molecule has 4 heteroatoms. The molecule has 3 nitrogen and oxygen atoms in total. The van der Waals surface area contributed by atoms with E-state index in [0.29, 0.717) is 11.3 Å². The van der Waals surface area contributed by atoms with Crippen molar-refractivity contribution in [1.29, 1.82) is 0 Å². The Bertz CT molecular complexity index is 575. The van der Waals surface area contributed by atoms with Crippen molar-refractivity contribution in [3.05, 3.63) is 53.1 Å². The van der Waals surface area contributed by atoms with Crippen molar-refractivity contribution in [2.75, 3.05) is 7.11 Å². The van der Waals surface area contributed by atoms with Crippen molar-refractivity contribution in [2.45, 2.75) is 13.3 Å². The first-order valence-corrected chi connectivity index (χ1v) is 5.71. The van der Waals surface area contributed by atoms with Crippen molar-refractivity contribution in [3.8, 4) is 5.75 Å². The second kappa shape index (κ2) is 5.04. The van der Waals surface area contributed by atoms with Crippen LogP contribution in [0.1, 0.15) is 28.7 Å². The van der Waals surface area contributed by atoms with E-state index in [0.717, 1.165) is 12.1 Å². The molecule has 0 fully saturated rings. The number of hydrogen-bond donors (Lipinski definition) is 1. The van der Waals surface area contributed by atoms with Crippen LogP contribution >= 0.6 is 0 Å². The molecule has 0 aliphatic carbocycles. The fourth-order valence-corrected chi connectivity index (χ4v) is 1.78. The molecule has 0 spiro atoms. The Kier molecular flexibility index (Phi) is 3.46. The third-order valence-electron chi connectivity index (χ3n) is 2.78. The van der Waals surface area contributed by atoms with Crippen LogP contribution in [0, 0.1) is 5.82 Å². The van der Waals surface area contributed by atoms with Gasteiger partial charge in [-0.25, -0.2) is 4.39 Å². The van der Waals surface area contributed by atoms with Gasteiger partial charge in [0, 0.05) is 11.8 Å². The van der Waals surface area contributed by atoms with E-state index in [-0.39, 0.29) is 11.5 Å². The first-order chi connectivity index (χ1) is 8.65. The minimum absolute atomic E-state index is 0.202. The highest BCUT2D eigenvalue weighted by molar-refractivity contribution is 6.09. The Hall–Kier alpha value is -2.10. The number of nitrogens with one attached hydrogen (secondary N) is 1. The molecule has 1 N–H and O–H groups in total. The van der Waals surface area contributed by atoms with Gasteiger partial charge >= 0.3 is 0 Å². The van der Waals surface area contributed by atoms with Crippen molar-refractivity contribution in [3.63, 3.8) is 0 Å². The topological polar surface area (TPSA) is 42.1 Å². The maximum atomic E-state index is 13.1. The van der Waals surface area contributed by atoms with Crippen LogP contribution in [-0.4, -0.2) is 17.9 Å². The lowest BCUT2D eigenvalue weighted by molar-refractivity contribution is 0.103. The lowest BCUT2D eigenvalue weighted by Crippen LogP contribution is -2.05. The maximum absolute atomic E-state index is 13.1. The Morgan fingerprint density at radius 3 is 2.72 bits per heavy atom. The highest BCUT2D eigenvalue weighted by atomic mass is 19.1. The van der Waals surface area contributed by atoms with Gasteiger partial charge in [0.25, 0.3) is 0 Å². The fraction of sp³-hybridized carbons (Fsp3) is 0.214. The van der Waals surface area contributed by atoms with Crippen LogP contribution in [0.2, 0.25) is 0 Å². The molecule has 1 aromatic carbocycles. The summed E-state index contributed by atoms with van der Waals surface area (Å²) >= 11 is 0. The average Bonchev–Trinajstić information content (AvgIpc) is 2.86. The van der Waals surface area contributed by atoms with Crippen molar-refractivity contribution < 1.29 is 13.9 Å². The number of methoxy groups -OCH3 is 1. The maximum Gasteiger partial charge on any atom is 0.212 e. The van der Waals surface area contributed by atoms with Gasteiger partial charge in [0.15, 0.2) is 0 Å². The van der Waals surface area contributed by atoms with Gasteiger partial charge in [-0.15, -0.1) is 0 Å². The number of halogens is 1.